The molecule has 6 aromatic rings. The molecule has 0 heterocycles. The van der Waals surface area contributed by atoms with Crippen molar-refractivity contribution in [1.82, 2.24) is 0 Å². The fourth-order valence-corrected chi connectivity index (χ4v) is 4.48. The Labute approximate surface area is 275 Å². The molecule has 0 spiro atoms. The van der Waals surface area contributed by atoms with Crippen LogP contribution in [0.25, 0.3) is 33.4 Å². The average molecular weight is 595 g/mol. The lowest BCUT2D eigenvalue weighted by molar-refractivity contribution is 1.40. The molecule has 0 atom stereocenters. The molecule has 0 aliphatic rings. The molecule has 0 radical (unpaired) electrons. The number of rotatable bonds is 3. The van der Waals surface area contributed by atoms with Gasteiger partial charge in [0.25, 0.3) is 0 Å². The fraction of sp³-hybridized carbons (Fsp3) is 0.200. The van der Waals surface area contributed by atoms with Crippen LogP contribution in [0.15, 0.2) is 146 Å². The molecule has 6 rings (SSSR count). The van der Waals surface area contributed by atoms with Gasteiger partial charge in [-0.05, 0) is 74.9 Å². The zero-order chi connectivity index (χ0) is 29.9. The Kier molecular flexibility index (Phi) is 16.1. The van der Waals surface area contributed by atoms with Gasteiger partial charge in [0.05, 0.1) is 0 Å². The van der Waals surface area contributed by atoms with Crippen LogP contribution in [0.4, 0.5) is 0 Å². The first kappa shape index (κ1) is 38.3. The van der Waals surface area contributed by atoms with Gasteiger partial charge in [0.15, 0.2) is 0 Å². The van der Waals surface area contributed by atoms with Crippen LogP contribution in [-0.2, 0) is 0 Å². The van der Waals surface area contributed by atoms with Crippen LogP contribution in [0.2, 0.25) is 0 Å². The lowest BCUT2D eigenvalue weighted by Gasteiger charge is -2.06. The number of benzene rings is 6. The minimum absolute atomic E-state index is 0. The van der Waals surface area contributed by atoms with Crippen molar-refractivity contribution in [2.45, 2.75) is 63.8 Å². The van der Waals surface area contributed by atoms with Gasteiger partial charge in [0.2, 0.25) is 0 Å². The average Bonchev–Trinajstić information content (AvgIpc) is 3.01. The summed E-state index contributed by atoms with van der Waals surface area (Å²) < 4.78 is 0. The molecule has 0 aromatic heterocycles. The minimum atomic E-state index is 0. The monoisotopic (exact) mass is 594 g/mol. The highest BCUT2D eigenvalue weighted by Gasteiger charge is 2.00. The van der Waals surface area contributed by atoms with Crippen molar-refractivity contribution in [3.05, 3.63) is 179 Å². The smallest absolute Gasteiger partial charge is 0.0184 e. The van der Waals surface area contributed by atoms with Crippen molar-refractivity contribution in [3.63, 3.8) is 0 Å². The van der Waals surface area contributed by atoms with Gasteiger partial charge in [-0.2, -0.15) is 0 Å². The zero-order valence-electron chi connectivity index (χ0n) is 25.9. The normalized spacial score (nSPS) is 9.47. The lowest BCUT2D eigenvalue weighted by Crippen LogP contribution is -1.81. The topological polar surface area (TPSA) is 0 Å². The molecule has 6 aromatic carbocycles. The summed E-state index contributed by atoms with van der Waals surface area (Å²) in [6.07, 6.45) is 0. The van der Waals surface area contributed by atoms with Crippen LogP contribution in [-0.4, -0.2) is 0 Å². The molecular formula is C45H54. The van der Waals surface area contributed by atoms with E-state index in [1.165, 1.54) is 66.8 Å². The molecule has 0 aliphatic heterocycles. The molecule has 0 heteroatoms. The summed E-state index contributed by atoms with van der Waals surface area (Å²) in [7, 11) is 0. The summed E-state index contributed by atoms with van der Waals surface area (Å²) >= 11 is 0. The summed E-state index contributed by atoms with van der Waals surface area (Å²) in [4.78, 5) is 0. The Morgan fingerprint density at radius 3 is 0.400 bits per heavy atom. The van der Waals surface area contributed by atoms with Gasteiger partial charge in [0, 0.05) is 0 Å². The van der Waals surface area contributed by atoms with E-state index in [-0.39, 0.29) is 22.3 Å². The van der Waals surface area contributed by atoms with E-state index in [4.69, 9.17) is 0 Å². The highest BCUT2D eigenvalue weighted by atomic mass is 14.1. The van der Waals surface area contributed by atoms with Crippen molar-refractivity contribution in [2.24, 2.45) is 0 Å². The standard InChI is InChI=1S/C20H18.C14H14.C8H10.3CH4/c1-15-3-7-17(8-4-15)19-11-13-20(14-12-19)18-9-5-16(2)6-10-18;1-11-3-7-13(8-4-11)14-9-5-12(2)6-10-14;1-7-3-5-8(2)6-4-7;;;/h3-14H,1-2H3;3-10H,1-2H3;3-6H,1-2H3;3*1H4. The largest absolute Gasteiger partial charge is 0.0776 e. The molecule has 45 heavy (non-hydrogen) atoms. The third-order valence-corrected chi connectivity index (χ3v) is 7.31. The van der Waals surface area contributed by atoms with E-state index in [9.17, 15) is 0 Å². The van der Waals surface area contributed by atoms with E-state index in [1.54, 1.807) is 0 Å². The first-order valence-corrected chi connectivity index (χ1v) is 14.7. The first-order chi connectivity index (χ1) is 20.3. The third kappa shape index (κ3) is 12.1. The van der Waals surface area contributed by atoms with Crippen LogP contribution in [0.5, 0.6) is 0 Å². The van der Waals surface area contributed by atoms with E-state index < -0.39 is 0 Å². The van der Waals surface area contributed by atoms with Gasteiger partial charge >= 0.3 is 0 Å². The van der Waals surface area contributed by atoms with Gasteiger partial charge in [-0.15, -0.1) is 0 Å². The second-order valence-electron chi connectivity index (χ2n) is 11.2. The predicted molar refractivity (Wildman–Crippen MR) is 204 cm³/mol. The molecule has 0 N–H and O–H groups in total. The van der Waals surface area contributed by atoms with Gasteiger partial charge in [-0.1, -0.05) is 201 Å². The van der Waals surface area contributed by atoms with Crippen molar-refractivity contribution in [1.29, 1.82) is 0 Å². The lowest BCUT2D eigenvalue weighted by atomic mass is 9.99. The second kappa shape index (κ2) is 18.9. The fourth-order valence-electron chi connectivity index (χ4n) is 4.48. The Hall–Kier alpha value is -4.68. The van der Waals surface area contributed by atoms with Crippen LogP contribution in [0.1, 0.15) is 55.7 Å². The molecule has 0 fully saturated rings. The van der Waals surface area contributed by atoms with E-state index in [0.29, 0.717) is 0 Å². The van der Waals surface area contributed by atoms with Gasteiger partial charge in [0.1, 0.15) is 0 Å². The molecule has 0 bridgehead atoms. The number of hydrogen-bond donors (Lipinski definition) is 0. The maximum absolute atomic E-state index is 2.19. The minimum Gasteiger partial charge on any atom is -0.0776 e. The molecule has 0 amide bonds. The van der Waals surface area contributed by atoms with Crippen LogP contribution < -0.4 is 0 Å². The molecule has 234 valence electrons. The Morgan fingerprint density at radius 2 is 0.267 bits per heavy atom. The zero-order valence-corrected chi connectivity index (χ0v) is 25.9. The van der Waals surface area contributed by atoms with Crippen molar-refractivity contribution in [3.8, 4) is 33.4 Å². The summed E-state index contributed by atoms with van der Waals surface area (Å²) in [5.41, 5.74) is 15.5. The molecule has 0 nitrogen and oxygen atoms in total. The SMILES string of the molecule is C.C.C.Cc1ccc(-c2ccc(-c3ccc(C)cc3)cc2)cc1.Cc1ccc(-c2ccc(C)cc2)cc1.Cc1ccc(C)cc1. The van der Waals surface area contributed by atoms with Crippen molar-refractivity contribution in [2.75, 3.05) is 0 Å². The molecule has 0 saturated heterocycles. The molecule has 0 saturated carbocycles. The molecule has 0 aliphatic carbocycles. The van der Waals surface area contributed by atoms with Crippen LogP contribution >= 0.6 is 0 Å². The van der Waals surface area contributed by atoms with Crippen molar-refractivity contribution < 1.29 is 0 Å². The third-order valence-electron chi connectivity index (χ3n) is 7.31. The number of aryl methyl sites for hydroxylation is 6. The highest BCUT2D eigenvalue weighted by Crippen LogP contribution is 2.25. The molecule has 0 unspecified atom stereocenters. The van der Waals surface area contributed by atoms with Gasteiger partial charge in [-0.3, -0.25) is 0 Å². The van der Waals surface area contributed by atoms with E-state index in [2.05, 4.69) is 187 Å². The van der Waals surface area contributed by atoms with Crippen LogP contribution in [0.3, 0.4) is 0 Å². The summed E-state index contributed by atoms with van der Waals surface area (Å²) in [6.45, 7) is 12.6. The maximum Gasteiger partial charge on any atom is -0.0184 e. The van der Waals surface area contributed by atoms with E-state index in [0.717, 1.165) is 0 Å². The summed E-state index contributed by atoms with van der Waals surface area (Å²) in [6, 6.07) is 51.8. The van der Waals surface area contributed by atoms with E-state index in [1.807, 2.05) is 0 Å². The highest BCUT2D eigenvalue weighted by molar-refractivity contribution is 5.70. The summed E-state index contributed by atoms with van der Waals surface area (Å²) in [5.74, 6) is 0. The van der Waals surface area contributed by atoms with Crippen molar-refractivity contribution >= 4 is 0 Å². The Balaban J connectivity index is 0.000000356. The second-order valence-corrected chi connectivity index (χ2v) is 11.2. The van der Waals surface area contributed by atoms with Gasteiger partial charge < -0.3 is 0 Å². The summed E-state index contributed by atoms with van der Waals surface area (Å²) in [5, 5.41) is 0. The predicted octanol–water partition coefficient (Wildman–Crippen LogP) is 13.8. The first-order valence-electron chi connectivity index (χ1n) is 14.7. The number of hydrogen-bond acceptors (Lipinski definition) is 0. The molecular weight excluding hydrogens is 540 g/mol. The quantitative estimate of drug-likeness (QED) is 0.191. The maximum atomic E-state index is 2.19. The Morgan fingerprint density at radius 1 is 0.178 bits per heavy atom. The Bertz CT molecular complexity index is 1510. The van der Waals surface area contributed by atoms with Crippen LogP contribution in [0, 0.1) is 41.5 Å². The van der Waals surface area contributed by atoms with Gasteiger partial charge in [-0.25, -0.2) is 0 Å². The van der Waals surface area contributed by atoms with E-state index >= 15 is 0 Å².